The number of rotatable bonds is 4. The van der Waals surface area contributed by atoms with Crippen LogP contribution in [0.2, 0.25) is 0 Å². The molecular weight excluding hydrogens is 230 g/mol. The molecule has 18 heavy (non-hydrogen) atoms. The van der Waals surface area contributed by atoms with Gasteiger partial charge >= 0.3 is 0 Å². The summed E-state index contributed by atoms with van der Waals surface area (Å²) < 4.78 is 17.1. The molecule has 0 aromatic rings. The zero-order valence-electron chi connectivity index (χ0n) is 11.4. The van der Waals surface area contributed by atoms with Gasteiger partial charge in [-0.05, 0) is 32.1 Å². The highest BCUT2D eigenvalue weighted by atomic mass is 16.6. The van der Waals surface area contributed by atoms with Crippen LogP contribution in [0.3, 0.4) is 0 Å². The second kappa shape index (κ2) is 5.08. The molecule has 4 heteroatoms. The summed E-state index contributed by atoms with van der Waals surface area (Å²) in [4.78, 5) is 0. The molecule has 2 saturated heterocycles. The summed E-state index contributed by atoms with van der Waals surface area (Å²) in [5.41, 5.74) is 0.132. The van der Waals surface area contributed by atoms with E-state index in [1.165, 1.54) is 19.3 Å². The lowest BCUT2D eigenvalue weighted by atomic mass is 9.79. The second-order valence-corrected chi connectivity index (χ2v) is 6.15. The van der Waals surface area contributed by atoms with E-state index in [0.29, 0.717) is 6.04 Å². The van der Waals surface area contributed by atoms with Crippen molar-refractivity contribution in [3.8, 4) is 0 Å². The first-order valence-electron chi connectivity index (χ1n) is 7.26. The largest absolute Gasteiger partial charge is 0.378 e. The van der Waals surface area contributed by atoms with Crippen molar-refractivity contribution in [3.05, 3.63) is 0 Å². The number of hydrogen-bond acceptors (Lipinski definition) is 4. The molecule has 2 atom stereocenters. The van der Waals surface area contributed by atoms with Gasteiger partial charge in [-0.25, -0.2) is 0 Å². The Morgan fingerprint density at radius 1 is 1.28 bits per heavy atom. The minimum absolute atomic E-state index is 0.00969. The molecule has 1 aliphatic carbocycles. The molecule has 3 rings (SSSR count). The van der Waals surface area contributed by atoms with Gasteiger partial charge in [-0.2, -0.15) is 0 Å². The molecule has 2 heterocycles. The lowest BCUT2D eigenvalue weighted by Crippen LogP contribution is -2.54. The van der Waals surface area contributed by atoms with Gasteiger partial charge in [-0.15, -0.1) is 0 Å². The maximum absolute atomic E-state index is 5.96. The van der Waals surface area contributed by atoms with Gasteiger partial charge in [0.05, 0.1) is 17.8 Å². The molecule has 3 aliphatic rings. The minimum atomic E-state index is 0.00969. The smallest absolute Gasteiger partial charge is 0.0951 e. The maximum atomic E-state index is 5.96. The molecule has 2 unspecified atom stereocenters. The summed E-state index contributed by atoms with van der Waals surface area (Å²) in [5, 5.41) is 3.71. The zero-order chi connectivity index (χ0) is 12.5. The average molecular weight is 255 g/mol. The van der Waals surface area contributed by atoms with E-state index >= 15 is 0 Å². The average Bonchev–Trinajstić information content (AvgIpc) is 2.77. The third-order valence-electron chi connectivity index (χ3n) is 4.97. The first kappa shape index (κ1) is 12.9. The van der Waals surface area contributed by atoms with Crippen molar-refractivity contribution in [2.75, 3.05) is 33.5 Å². The van der Waals surface area contributed by atoms with Crippen molar-refractivity contribution in [1.29, 1.82) is 0 Å². The van der Waals surface area contributed by atoms with E-state index in [1.54, 1.807) is 0 Å². The normalized spacial score (nSPS) is 38.8. The molecule has 4 nitrogen and oxygen atoms in total. The van der Waals surface area contributed by atoms with Gasteiger partial charge in [0, 0.05) is 39.3 Å². The molecular formula is C14H25NO3. The van der Waals surface area contributed by atoms with Crippen molar-refractivity contribution in [2.24, 2.45) is 0 Å². The van der Waals surface area contributed by atoms with Crippen LogP contribution in [0.1, 0.15) is 38.5 Å². The fourth-order valence-corrected chi connectivity index (χ4v) is 3.42. The van der Waals surface area contributed by atoms with Crippen LogP contribution in [0.25, 0.3) is 0 Å². The lowest BCUT2D eigenvalue weighted by Gasteiger charge is -2.43. The Bertz CT molecular complexity index is 279. The van der Waals surface area contributed by atoms with Gasteiger partial charge in [0.25, 0.3) is 0 Å². The van der Waals surface area contributed by atoms with Crippen LogP contribution in [0, 0.1) is 0 Å². The quantitative estimate of drug-likeness (QED) is 0.826. The summed E-state index contributed by atoms with van der Waals surface area (Å²) in [6.45, 7) is 3.49. The zero-order valence-corrected chi connectivity index (χ0v) is 11.4. The van der Waals surface area contributed by atoms with E-state index in [1.807, 2.05) is 7.11 Å². The Hall–Kier alpha value is -0.160. The van der Waals surface area contributed by atoms with Gasteiger partial charge in [0.1, 0.15) is 0 Å². The third kappa shape index (κ3) is 2.44. The van der Waals surface area contributed by atoms with Crippen LogP contribution in [0.15, 0.2) is 0 Å². The Kier molecular flexibility index (Phi) is 3.63. The van der Waals surface area contributed by atoms with E-state index in [9.17, 15) is 0 Å². The molecule has 104 valence electrons. The standard InChI is InChI=1S/C14H25NO3/c1-16-13(4-2-5-13)10-15-12-3-7-18-14(9-12)6-8-17-11-14/h12,15H,2-11H2,1H3. The SMILES string of the molecule is COC1(CNC2CCOC3(CCOC3)C2)CCC1. The van der Waals surface area contributed by atoms with Crippen LogP contribution < -0.4 is 5.32 Å². The van der Waals surface area contributed by atoms with E-state index in [2.05, 4.69) is 5.32 Å². The molecule has 1 spiro atoms. The number of methoxy groups -OCH3 is 1. The molecule has 1 N–H and O–H groups in total. The summed E-state index contributed by atoms with van der Waals surface area (Å²) in [5.74, 6) is 0. The van der Waals surface area contributed by atoms with Crippen molar-refractivity contribution in [2.45, 2.75) is 55.8 Å². The van der Waals surface area contributed by atoms with Crippen LogP contribution in [0.4, 0.5) is 0 Å². The van der Waals surface area contributed by atoms with Gasteiger partial charge in [0.15, 0.2) is 0 Å². The summed E-state index contributed by atoms with van der Waals surface area (Å²) in [7, 11) is 1.84. The van der Waals surface area contributed by atoms with E-state index in [4.69, 9.17) is 14.2 Å². The van der Waals surface area contributed by atoms with E-state index in [-0.39, 0.29) is 11.2 Å². The second-order valence-electron chi connectivity index (χ2n) is 6.15. The minimum Gasteiger partial charge on any atom is -0.378 e. The molecule has 0 radical (unpaired) electrons. The molecule has 0 bridgehead atoms. The van der Waals surface area contributed by atoms with E-state index < -0.39 is 0 Å². The third-order valence-corrected chi connectivity index (χ3v) is 4.97. The summed E-state index contributed by atoms with van der Waals surface area (Å²) >= 11 is 0. The maximum Gasteiger partial charge on any atom is 0.0951 e. The number of ether oxygens (including phenoxy) is 3. The van der Waals surface area contributed by atoms with Crippen LogP contribution >= 0.6 is 0 Å². The highest BCUT2D eigenvalue weighted by Gasteiger charge is 2.42. The highest BCUT2D eigenvalue weighted by Crippen LogP contribution is 2.36. The lowest BCUT2D eigenvalue weighted by molar-refractivity contribution is -0.0995. The molecule has 0 amide bonds. The molecule has 0 aromatic heterocycles. The first-order valence-corrected chi connectivity index (χ1v) is 7.26. The van der Waals surface area contributed by atoms with E-state index in [0.717, 1.165) is 45.6 Å². The summed E-state index contributed by atoms with van der Waals surface area (Å²) in [6.07, 6.45) is 6.97. The first-order chi connectivity index (χ1) is 8.76. The van der Waals surface area contributed by atoms with Crippen LogP contribution in [-0.2, 0) is 14.2 Å². The monoisotopic (exact) mass is 255 g/mol. The Balaban J connectivity index is 1.50. The molecule has 1 saturated carbocycles. The van der Waals surface area contributed by atoms with Gasteiger partial charge in [-0.3, -0.25) is 0 Å². The number of nitrogens with one attached hydrogen (secondary N) is 1. The highest BCUT2D eigenvalue weighted by molar-refractivity contribution is 4.96. The number of hydrogen-bond donors (Lipinski definition) is 1. The topological polar surface area (TPSA) is 39.7 Å². The Labute approximate surface area is 109 Å². The van der Waals surface area contributed by atoms with Crippen LogP contribution in [0.5, 0.6) is 0 Å². The predicted molar refractivity (Wildman–Crippen MR) is 68.7 cm³/mol. The Morgan fingerprint density at radius 2 is 2.17 bits per heavy atom. The van der Waals surface area contributed by atoms with Crippen molar-refractivity contribution in [3.63, 3.8) is 0 Å². The van der Waals surface area contributed by atoms with Gasteiger partial charge in [-0.1, -0.05) is 0 Å². The molecule has 2 aliphatic heterocycles. The fourth-order valence-electron chi connectivity index (χ4n) is 3.42. The predicted octanol–water partition coefficient (Wildman–Crippen LogP) is 1.48. The fraction of sp³-hybridized carbons (Fsp3) is 1.00. The van der Waals surface area contributed by atoms with Crippen LogP contribution in [-0.4, -0.2) is 50.7 Å². The van der Waals surface area contributed by atoms with Crippen molar-refractivity contribution in [1.82, 2.24) is 5.32 Å². The van der Waals surface area contributed by atoms with Gasteiger partial charge in [0.2, 0.25) is 0 Å². The molecule has 3 fully saturated rings. The van der Waals surface area contributed by atoms with Crippen molar-refractivity contribution < 1.29 is 14.2 Å². The van der Waals surface area contributed by atoms with Crippen molar-refractivity contribution >= 4 is 0 Å². The molecule has 0 aromatic carbocycles. The summed E-state index contributed by atoms with van der Waals surface area (Å²) in [6, 6.07) is 0.563. The van der Waals surface area contributed by atoms with Gasteiger partial charge < -0.3 is 19.5 Å². The Morgan fingerprint density at radius 3 is 2.78 bits per heavy atom.